The molecule has 2 aromatic carbocycles. The summed E-state index contributed by atoms with van der Waals surface area (Å²) in [6.45, 7) is 0.536. The second-order valence-corrected chi connectivity index (χ2v) is 8.51. The highest BCUT2D eigenvalue weighted by Crippen LogP contribution is 2.37. The summed E-state index contributed by atoms with van der Waals surface area (Å²) in [5.41, 5.74) is -0.841. The second-order valence-electron chi connectivity index (χ2n) is 8.51. The SMILES string of the molecule is O=C(NC1CCC2CC1CN2C(=O)c1ccc2cc(O)ccc2c1)c1cc(=O)[nH]c(=O)[nH]1. The summed E-state index contributed by atoms with van der Waals surface area (Å²) in [6, 6.07) is 11.5. The van der Waals surface area contributed by atoms with Crippen LogP contribution in [0.5, 0.6) is 5.75 Å². The molecule has 0 radical (unpaired) electrons. The number of aromatic amines is 2. The first kappa shape index (κ1) is 20.0. The minimum Gasteiger partial charge on any atom is -0.508 e. The minimum absolute atomic E-state index is 0.0432. The summed E-state index contributed by atoms with van der Waals surface area (Å²) in [5, 5.41) is 14.3. The Morgan fingerprint density at radius 3 is 2.59 bits per heavy atom. The molecule has 2 amide bonds. The van der Waals surface area contributed by atoms with Gasteiger partial charge in [0.25, 0.3) is 17.4 Å². The van der Waals surface area contributed by atoms with Crippen LogP contribution in [0.3, 0.4) is 0 Å². The smallest absolute Gasteiger partial charge is 0.326 e. The first-order chi connectivity index (χ1) is 15.4. The van der Waals surface area contributed by atoms with Crippen LogP contribution in [-0.2, 0) is 0 Å². The van der Waals surface area contributed by atoms with Crippen LogP contribution in [0.4, 0.5) is 0 Å². The fourth-order valence-corrected chi connectivity index (χ4v) is 4.93. The number of nitrogens with one attached hydrogen (secondary N) is 3. The molecule has 5 rings (SSSR count). The average Bonchev–Trinajstić information content (AvgIpc) is 3.11. The third-order valence-electron chi connectivity index (χ3n) is 6.48. The quantitative estimate of drug-likeness (QED) is 0.493. The maximum absolute atomic E-state index is 13.2. The van der Waals surface area contributed by atoms with E-state index < -0.39 is 17.2 Å². The summed E-state index contributed by atoms with van der Waals surface area (Å²) >= 11 is 0. The summed E-state index contributed by atoms with van der Waals surface area (Å²) in [7, 11) is 0. The van der Waals surface area contributed by atoms with E-state index >= 15 is 0 Å². The number of hydrogen-bond acceptors (Lipinski definition) is 5. The van der Waals surface area contributed by atoms with Crippen molar-refractivity contribution in [3.05, 3.63) is 74.6 Å². The molecule has 1 aliphatic heterocycles. The zero-order chi connectivity index (χ0) is 22.4. The number of hydrogen-bond donors (Lipinski definition) is 4. The van der Waals surface area contributed by atoms with Crippen molar-refractivity contribution >= 4 is 22.6 Å². The van der Waals surface area contributed by atoms with Gasteiger partial charge in [-0.05, 0) is 60.2 Å². The number of rotatable bonds is 3. The molecule has 1 saturated carbocycles. The Labute approximate surface area is 182 Å². The van der Waals surface area contributed by atoms with Gasteiger partial charge in [-0.1, -0.05) is 12.1 Å². The van der Waals surface area contributed by atoms with E-state index in [2.05, 4.69) is 10.3 Å². The molecule has 3 aromatic rings. The van der Waals surface area contributed by atoms with Gasteiger partial charge in [-0.3, -0.25) is 19.4 Å². The van der Waals surface area contributed by atoms with E-state index in [9.17, 15) is 24.3 Å². The number of amides is 2. The van der Waals surface area contributed by atoms with Gasteiger partial charge in [0.1, 0.15) is 11.4 Å². The fourth-order valence-electron chi connectivity index (χ4n) is 4.93. The van der Waals surface area contributed by atoms with E-state index in [1.165, 1.54) is 0 Å². The third kappa shape index (κ3) is 3.66. The average molecular weight is 434 g/mol. The van der Waals surface area contributed by atoms with Gasteiger partial charge in [0, 0.05) is 30.3 Å². The molecule has 1 aromatic heterocycles. The van der Waals surface area contributed by atoms with Crippen molar-refractivity contribution in [2.24, 2.45) is 5.92 Å². The van der Waals surface area contributed by atoms with E-state index in [1.54, 1.807) is 24.3 Å². The van der Waals surface area contributed by atoms with E-state index in [-0.39, 0.29) is 35.4 Å². The molecule has 0 spiro atoms. The number of aromatic nitrogens is 2. The summed E-state index contributed by atoms with van der Waals surface area (Å²) < 4.78 is 0. The lowest BCUT2D eigenvalue weighted by Crippen LogP contribution is -2.43. The molecule has 9 heteroatoms. The van der Waals surface area contributed by atoms with Crippen molar-refractivity contribution < 1.29 is 14.7 Å². The van der Waals surface area contributed by atoms with E-state index in [1.807, 2.05) is 22.0 Å². The number of likely N-dealkylation sites (tertiary alicyclic amines) is 1. The summed E-state index contributed by atoms with van der Waals surface area (Å²) in [5.74, 6) is -0.257. The molecular weight excluding hydrogens is 412 g/mol. The summed E-state index contributed by atoms with van der Waals surface area (Å²) in [4.78, 5) is 55.0. The zero-order valence-electron chi connectivity index (χ0n) is 17.1. The van der Waals surface area contributed by atoms with Crippen LogP contribution in [0, 0.1) is 5.92 Å². The maximum Gasteiger partial charge on any atom is 0.326 e. The molecule has 2 bridgehead atoms. The lowest BCUT2D eigenvalue weighted by molar-refractivity contribution is 0.0732. The van der Waals surface area contributed by atoms with Gasteiger partial charge in [-0.25, -0.2) is 4.79 Å². The molecule has 3 unspecified atom stereocenters. The zero-order valence-corrected chi connectivity index (χ0v) is 17.1. The lowest BCUT2D eigenvalue weighted by atomic mass is 9.85. The number of phenols is 1. The highest BCUT2D eigenvalue weighted by molar-refractivity contribution is 5.99. The van der Waals surface area contributed by atoms with Gasteiger partial charge >= 0.3 is 5.69 Å². The molecule has 4 N–H and O–H groups in total. The van der Waals surface area contributed by atoms with E-state index in [0.717, 1.165) is 36.1 Å². The predicted octanol–water partition coefficient (Wildman–Crippen LogP) is 1.35. The largest absolute Gasteiger partial charge is 0.508 e. The van der Waals surface area contributed by atoms with Crippen molar-refractivity contribution in [1.82, 2.24) is 20.2 Å². The highest BCUT2D eigenvalue weighted by atomic mass is 16.3. The Hall–Kier alpha value is -3.88. The minimum atomic E-state index is -0.727. The molecule has 2 heterocycles. The Bertz CT molecular complexity index is 1320. The van der Waals surface area contributed by atoms with Gasteiger partial charge in [-0.2, -0.15) is 0 Å². The number of aromatic hydroxyl groups is 1. The molecule has 2 aliphatic rings. The molecule has 3 atom stereocenters. The van der Waals surface area contributed by atoms with Crippen molar-refractivity contribution in [3.63, 3.8) is 0 Å². The Balaban J connectivity index is 1.31. The van der Waals surface area contributed by atoms with Gasteiger partial charge in [0.2, 0.25) is 0 Å². The number of carbonyl (C=O) groups is 2. The van der Waals surface area contributed by atoms with Crippen molar-refractivity contribution in [2.45, 2.75) is 31.3 Å². The molecular formula is C23H22N4O5. The molecule has 2 fully saturated rings. The molecule has 1 saturated heterocycles. The van der Waals surface area contributed by atoms with Crippen molar-refractivity contribution in [1.29, 1.82) is 0 Å². The molecule has 1 aliphatic carbocycles. The van der Waals surface area contributed by atoms with Crippen molar-refractivity contribution in [2.75, 3.05) is 6.54 Å². The van der Waals surface area contributed by atoms with Crippen LogP contribution in [0.2, 0.25) is 0 Å². The van der Waals surface area contributed by atoms with Crippen LogP contribution in [-0.4, -0.2) is 50.4 Å². The number of nitrogens with zero attached hydrogens (tertiary/aromatic N) is 1. The second kappa shape index (κ2) is 7.67. The standard InChI is InChI=1S/C23H22N4O5/c28-17-5-3-12-7-14(2-1-13(12)9-17)22(31)27-11-15-8-16(27)4-6-18(15)24-21(30)19-10-20(29)26-23(32)25-19/h1-3,5,7,9-10,15-16,18,28H,4,6,8,11H2,(H,24,30)(H2,25,26,29,32). The number of phenolic OH excluding ortho intramolecular Hbond substituents is 1. The lowest BCUT2D eigenvalue weighted by Gasteiger charge is -2.29. The van der Waals surface area contributed by atoms with Gasteiger partial charge in [0.05, 0.1) is 0 Å². The molecule has 164 valence electrons. The monoisotopic (exact) mass is 434 g/mol. The van der Waals surface area contributed by atoms with Crippen LogP contribution >= 0.6 is 0 Å². The molecule has 9 nitrogen and oxygen atoms in total. The number of carbonyl (C=O) groups excluding carboxylic acids is 2. The van der Waals surface area contributed by atoms with E-state index in [0.29, 0.717) is 12.1 Å². The van der Waals surface area contributed by atoms with E-state index in [4.69, 9.17) is 0 Å². The first-order valence-electron chi connectivity index (χ1n) is 10.6. The maximum atomic E-state index is 13.2. The van der Waals surface area contributed by atoms with Crippen LogP contribution < -0.4 is 16.6 Å². The number of fused-ring (bicyclic) bond motifs is 3. The number of benzene rings is 2. The first-order valence-corrected chi connectivity index (χ1v) is 10.6. The van der Waals surface area contributed by atoms with Crippen LogP contribution in [0.15, 0.2) is 52.1 Å². The molecule has 32 heavy (non-hydrogen) atoms. The van der Waals surface area contributed by atoms with Gasteiger partial charge in [-0.15, -0.1) is 0 Å². The Morgan fingerprint density at radius 1 is 1.00 bits per heavy atom. The highest BCUT2D eigenvalue weighted by Gasteiger charge is 2.43. The third-order valence-corrected chi connectivity index (χ3v) is 6.48. The normalized spacial score (nSPS) is 22.1. The number of H-pyrrole nitrogens is 2. The topological polar surface area (TPSA) is 135 Å². The Morgan fingerprint density at radius 2 is 1.78 bits per heavy atom. The predicted molar refractivity (Wildman–Crippen MR) is 117 cm³/mol. The Kier molecular flexibility index (Phi) is 4.80. The van der Waals surface area contributed by atoms with Gasteiger partial charge < -0.3 is 20.3 Å². The summed E-state index contributed by atoms with van der Waals surface area (Å²) in [6.07, 6.45) is 2.28. The van der Waals surface area contributed by atoms with Gasteiger partial charge in [0.15, 0.2) is 0 Å². The fraction of sp³-hybridized carbons (Fsp3) is 0.304. The van der Waals surface area contributed by atoms with Crippen molar-refractivity contribution in [3.8, 4) is 5.75 Å². The van der Waals surface area contributed by atoms with Crippen LogP contribution in [0.25, 0.3) is 10.8 Å². The van der Waals surface area contributed by atoms with Crippen LogP contribution in [0.1, 0.15) is 40.1 Å².